The summed E-state index contributed by atoms with van der Waals surface area (Å²) >= 11 is 0. The molecule has 0 rings (SSSR count). The van der Waals surface area contributed by atoms with Gasteiger partial charge in [-0.25, -0.2) is 4.57 Å². The first-order valence-corrected chi connectivity index (χ1v) is 15.5. The number of unbranched alkanes of at least 4 members (excludes halogenated alkanes) is 12. The highest BCUT2D eigenvalue weighted by Gasteiger charge is 2.27. The molecule has 0 radical (unpaired) electrons. The molecule has 0 aromatic rings. The number of carbonyl (C=O) groups is 2. The van der Waals surface area contributed by atoms with Crippen LogP contribution < -0.4 is 0 Å². The van der Waals surface area contributed by atoms with Gasteiger partial charge in [0.15, 0.2) is 6.10 Å². The molecule has 3 N–H and O–H groups in total. The Morgan fingerprint density at radius 3 is 1.68 bits per heavy atom. The maximum atomic E-state index is 12.2. The maximum Gasteiger partial charge on any atom is 0.472 e. The molecule has 0 spiro atoms. The summed E-state index contributed by atoms with van der Waals surface area (Å²) < 4.78 is 32.0. The zero-order valence-corrected chi connectivity index (χ0v) is 23.8. The van der Waals surface area contributed by atoms with Gasteiger partial charge < -0.3 is 24.6 Å². The highest BCUT2D eigenvalue weighted by atomic mass is 31.2. The number of hydrogen-bond donors (Lipinski definition) is 3. The number of aliphatic hydroxyl groups is 2. The Bertz CT molecular complexity index is 616. The largest absolute Gasteiger partial charge is 0.472 e. The molecule has 0 heterocycles. The molecular formula is C26H51O10P. The fourth-order valence-electron chi connectivity index (χ4n) is 3.52. The first-order valence-electron chi connectivity index (χ1n) is 14.0. The zero-order valence-electron chi connectivity index (χ0n) is 22.9. The van der Waals surface area contributed by atoms with E-state index in [0.717, 1.165) is 44.9 Å². The number of aliphatic hydroxyl groups excluding tert-OH is 2. The quantitative estimate of drug-likeness (QED) is 0.0739. The van der Waals surface area contributed by atoms with Gasteiger partial charge in [-0.1, -0.05) is 90.9 Å². The monoisotopic (exact) mass is 554 g/mol. The third-order valence-electron chi connectivity index (χ3n) is 5.76. The Morgan fingerprint density at radius 1 is 0.703 bits per heavy atom. The molecule has 0 aliphatic heterocycles. The number of esters is 2. The van der Waals surface area contributed by atoms with E-state index in [9.17, 15) is 24.2 Å². The number of ether oxygens (including phenoxy) is 2. The lowest BCUT2D eigenvalue weighted by molar-refractivity contribution is -0.161. The summed E-state index contributed by atoms with van der Waals surface area (Å²) in [4.78, 5) is 34.1. The van der Waals surface area contributed by atoms with Crippen molar-refractivity contribution in [2.45, 2.75) is 129 Å². The SMILES string of the molecule is CCCCCCCCCCCC(=O)OC[C@H](COP(=O)(O)OC[C@@H](O)CO)OC(=O)CCCCCCC. The molecule has 10 nitrogen and oxygen atoms in total. The lowest BCUT2D eigenvalue weighted by atomic mass is 10.1. The van der Waals surface area contributed by atoms with E-state index in [1.807, 2.05) is 0 Å². The van der Waals surface area contributed by atoms with E-state index in [4.69, 9.17) is 19.1 Å². The Hall–Kier alpha value is -1.03. The number of rotatable bonds is 26. The van der Waals surface area contributed by atoms with Crippen molar-refractivity contribution in [2.24, 2.45) is 0 Å². The van der Waals surface area contributed by atoms with Crippen LogP contribution >= 0.6 is 7.82 Å². The van der Waals surface area contributed by atoms with Gasteiger partial charge in [-0.15, -0.1) is 0 Å². The molecule has 220 valence electrons. The van der Waals surface area contributed by atoms with Crippen molar-refractivity contribution < 1.29 is 47.8 Å². The van der Waals surface area contributed by atoms with Gasteiger partial charge in [0.2, 0.25) is 0 Å². The van der Waals surface area contributed by atoms with E-state index in [0.29, 0.717) is 12.8 Å². The maximum absolute atomic E-state index is 12.2. The molecule has 0 bridgehead atoms. The summed E-state index contributed by atoms with van der Waals surface area (Å²) in [5.74, 6) is -0.942. The number of phosphoric ester groups is 1. The number of phosphoric acid groups is 1. The third-order valence-corrected chi connectivity index (χ3v) is 6.71. The summed E-state index contributed by atoms with van der Waals surface area (Å²) in [5.41, 5.74) is 0. The van der Waals surface area contributed by atoms with Crippen LogP contribution in [0.2, 0.25) is 0 Å². The van der Waals surface area contributed by atoms with Gasteiger partial charge in [0.05, 0.1) is 19.8 Å². The molecule has 0 aliphatic rings. The van der Waals surface area contributed by atoms with Crippen LogP contribution in [0.1, 0.15) is 117 Å². The molecule has 37 heavy (non-hydrogen) atoms. The lowest BCUT2D eigenvalue weighted by Crippen LogP contribution is -2.29. The van der Waals surface area contributed by atoms with Crippen LogP contribution in [0.4, 0.5) is 0 Å². The van der Waals surface area contributed by atoms with E-state index < -0.39 is 51.8 Å². The fraction of sp³-hybridized carbons (Fsp3) is 0.923. The lowest BCUT2D eigenvalue weighted by Gasteiger charge is -2.20. The molecule has 1 unspecified atom stereocenters. The molecule has 3 atom stereocenters. The average Bonchev–Trinajstić information content (AvgIpc) is 2.87. The van der Waals surface area contributed by atoms with Crippen LogP contribution in [-0.2, 0) is 32.7 Å². The number of hydrogen-bond acceptors (Lipinski definition) is 9. The van der Waals surface area contributed by atoms with E-state index in [2.05, 4.69) is 18.4 Å². The average molecular weight is 555 g/mol. The molecular weight excluding hydrogens is 503 g/mol. The third kappa shape index (κ3) is 23.8. The van der Waals surface area contributed by atoms with Crippen molar-refractivity contribution in [3.05, 3.63) is 0 Å². The van der Waals surface area contributed by atoms with Crippen LogP contribution in [0.25, 0.3) is 0 Å². The Morgan fingerprint density at radius 2 is 1.16 bits per heavy atom. The second kappa shape index (κ2) is 24.0. The molecule has 11 heteroatoms. The summed E-state index contributed by atoms with van der Waals surface area (Å²) in [6.07, 6.45) is 12.9. The second-order valence-electron chi connectivity index (χ2n) is 9.43. The fourth-order valence-corrected chi connectivity index (χ4v) is 4.31. The topological polar surface area (TPSA) is 149 Å². The molecule has 0 aromatic carbocycles. The van der Waals surface area contributed by atoms with Crippen molar-refractivity contribution >= 4 is 19.8 Å². The summed E-state index contributed by atoms with van der Waals surface area (Å²) in [5, 5.41) is 18.1. The van der Waals surface area contributed by atoms with Crippen molar-refractivity contribution in [3.8, 4) is 0 Å². The molecule has 0 aliphatic carbocycles. The predicted molar refractivity (Wildman–Crippen MR) is 141 cm³/mol. The van der Waals surface area contributed by atoms with Crippen molar-refractivity contribution in [3.63, 3.8) is 0 Å². The smallest absolute Gasteiger partial charge is 0.462 e. The van der Waals surface area contributed by atoms with Crippen molar-refractivity contribution in [1.82, 2.24) is 0 Å². The van der Waals surface area contributed by atoms with Gasteiger partial charge in [0, 0.05) is 12.8 Å². The van der Waals surface area contributed by atoms with Crippen molar-refractivity contribution in [2.75, 3.05) is 26.4 Å². The minimum Gasteiger partial charge on any atom is -0.462 e. The Balaban J connectivity index is 4.47. The number of carbonyl (C=O) groups excluding carboxylic acids is 2. The van der Waals surface area contributed by atoms with Gasteiger partial charge in [0.1, 0.15) is 12.7 Å². The van der Waals surface area contributed by atoms with Crippen molar-refractivity contribution in [1.29, 1.82) is 0 Å². The molecule has 0 fully saturated rings. The molecule has 0 amide bonds. The van der Waals surface area contributed by atoms with E-state index >= 15 is 0 Å². The summed E-state index contributed by atoms with van der Waals surface area (Å²) in [6, 6.07) is 0. The first kappa shape index (κ1) is 36.0. The van der Waals surface area contributed by atoms with E-state index in [1.165, 1.54) is 32.1 Å². The molecule has 0 aromatic heterocycles. The highest BCUT2D eigenvalue weighted by molar-refractivity contribution is 7.47. The molecule has 0 saturated carbocycles. The van der Waals surface area contributed by atoms with Gasteiger partial charge in [-0.3, -0.25) is 18.6 Å². The first-order chi connectivity index (χ1) is 17.7. The highest BCUT2D eigenvalue weighted by Crippen LogP contribution is 2.43. The standard InChI is InChI=1S/C26H51O10P/c1-3-5-7-9-10-11-12-14-15-17-25(29)33-21-24(36-26(30)18-16-13-8-6-4-2)22-35-37(31,32)34-20-23(28)19-27/h23-24,27-28H,3-22H2,1-2H3,(H,31,32)/t23-,24+/m0/s1. The zero-order chi connectivity index (χ0) is 27.8. The van der Waals surface area contributed by atoms with Gasteiger partial charge >= 0.3 is 19.8 Å². The summed E-state index contributed by atoms with van der Waals surface area (Å²) in [7, 11) is -4.58. The van der Waals surface area contributed by atoms with E-state index in [-0.39, 0.29) is 19.4 Å². The van der Waals surface area contributed by atoms with Crippen LogP contribution in [0.3, 0.4) is 0 Å². The Labute approximate surface area is 223 Å². The predicted octanol–water partition coefficient (Wildman–Crippen LogP) is 5.21. The normalized spacial score (nSPS) is 14.6. The van der Waals surface area contributed by atoms with Crippen LogP contribution in [0, 0.1) is 0 Å². The minimum atomic E-state index is -4.58. The van der Waals surface area contributed by atoms with Crippen LogP contribution in [0.5, 0.6) is 0 Å². The van der Waals surface area contributed by atoms with E-state index in [1.54, 1.807) is 0 Å². The van der Waals surface area contributed by atoms with Gasteiger partial charge in [-0.05, 0) is 12.8 Å². The van der Waals surface area contributed by atoms with Gasteiger partial charge in [-0.2, -0.15) is 0 Å². The minimum absolute atomic E-state index is 0.183. The van der Waals surface area contributed by atoms with Crippen LogP contribution in [0.15, 0.2) is 0 Å². The van der Waals surface area contributed by atoms with Gasteiger partial charge in [0.25, 0.3) is 0 Å². The molecule has 0 saturated heterocycles. The Kier molecular flexibility index (Phi) is 23.4. The second-order valence-corrected chi connectivity index (χ2v) is 10.9. The summed E-state index contributed by atoms with van der Waals surface area (Å²) in [6.45, 7) is 2.20. The van der Waals surface area contributed by atoms with Crippen LogP contribution in [-0.4, -0.2) is 65.7 Å².